The summed E-state index contributed by atoms with van der Waals surface area (Å²) in [5.41, 5.74) is 4.56. The van der Waals surface area contributed by atoms with Crippen LogP contribution in [0.15, 0.2) is 42.7 Å². The van der Waals surface area contributed by atoms with Crippen LogP contribution in [0.5, 0.6) is 5.75 Å². The van der Waals surface area contributed by atoms with Crippen molar-refractivity contribution in [2.45, 2.75) is 91.3 Å². The number of esters is 3. The fourth-order valence-electron chi connectivity index (χ4n) is 5.46. The van der Waals surface area contributed by atoms with Gasteiger partial charge in [-0.2, -0.15) is 15.4 Å². The second-order valence-electron chi connectivity index (χ2n) is 13.4. The molecular weight excluding hydrogens is 721 g/mol. The predicted molar refractivity (Wildman–Crippen MR) is 194 cm³/mol. The Morgan fingerprint density at radius 1 is 1.06 bits per heavy atom. The monoisotopic (exact) mass is 767 g/mol. The molecule has 54 heavy (non-hydrogen) atoms. The van der Waals surface area contributed by atoms with Gasteiger partial charge in [0.2, 0.25) is 5.60 Å². The summed E-state index contributed by atoms with van der Waals surface area (Å²) in [4.78, 5) is 46.7. The molecule has 17 nitrogen and oxygen atoms in total. The van der Waals surface area contributed by atoms with E-state index in [0.717, 1.165) is 12.8 Å². The van der Waals surface area contributed by atoms with Gasteiger partial charge in [-0.25, -0.2) is 18.9 Å². The van der Waals surface area contributed by atoms with E-state index in [1.54, 1.807) is 33.8 Å². The van der Waals surface area contributed by atoms with Gasteiger partial charge in [0.25, 0.3) is 0 Å². The second-order valence-corrected chi connectivity index (χ2v) is 15.1. The molecule has 18 heteroatoms. The minimum Gasteiger partial charge on any atom is -0.464 e. The number of nitrogen functional groups attached to an aromatic ring is 1. The van der Waals surface area contributed by atoms with Crippen LogP contribution in [0, 0.1) is 35.7 Å². The SMILES string of the molecule is [C-]#[N+]c1ccc(OP(=O)(N[C@@H](C)C(=O)OCC(CC)CC)OC[C@H]2O[C@@](C#N)(c3ccc4c(N)ncnn34)[C@H](OC(=O)C(C)C)[C@@H]2OC(=O)C(C)C)cc1. The zero-order chi connectivity index (χ0) is 39.8. The number of nitrogens with two attached hydrogens (primary N) is 1. The maximum Gasteiger partial charge on any atom is 0.459 e. The van der Waals surface area contributed by atoms with Gasteiger partial charge < -0.3 is 29.2 Å². The number of hydrogen-bond acceptors (Lipinski definition) is 14. The van der Waals surface area contributed by atoms with Gasteiger partial charge >= 0.3 is 25.7 Å². The lowest BCUT2D eigenvalue weighted by Crippen LogP contribution is -2.47. The van der Waals surface area contributed by atoms with Crippen LogP contribution < -0.4 is 15.3 Å². The molecule has 3 aromatic rings. The lowest BCUT2D eigenvalue weighted by molar-refractivity contribution is -0.173. The molecule has 1 aromatic carbocycles. The Labute approximate surface area is 313 Å². The highest BCUT2D eigenvalue weighted by Crippen LogP contribution is 2.49. The number of benzene rings is 1. The molecule has 1 unspecified atom stereocenters. The average Bonchev–Trinajstić information content (AvgIpc) is 3.71. The van der Waals surface area contributed by atoms with Crippen LogP contribution in [0.2, 0.25) is 0 Å². The highest BCUT2D eigenvalue weighted by atomic mass is 31.2. The van der Waals surface area contributed by atoms with Crippen molar-refractivity contribution in [3.8, 4) is 11.8 Å². The van der Waals surface area contributed by atoms with Gasteiger partial charge in [-0.1, -0.05) is 66.5 Å². The molecule has 6 atom stereocenters. The lowest BCUT2D eigenvalue weighted by atomic mass is 9.92. The van der Waals surface area contributed by atoms with E-state index in [0.29, 0.717) is 11.2 Å². The summed E-state index contributed by atoms with van der Waals surface area (Å²) in [6, 6.07) is 9.60. The van der Waals surface area contributed by atoms with Crippen LogP contribution in [0.3, 0.4) is 0 Å². The van der Waals surface area contributed by atoms with Crippen molar-refractivity contribution in [3.63, 3.8) is 0 Å². The Morgan fingerprint density at radius 2 is 1.70 bits per heavy atom. The van der Waals surface area contributed by atoms with Gasteiger partial charge in [-0.15, -0.1) is 0 Å². The Hall–Kier alpha value is -5.06. The number of nitrogens with zero attached hydrogens (tertiary/aromatic N) is 5. The van der Waals surface area contributed by atoms with Crippen LogP contribution in [0.1, 0.15) is 67.0 Å². The molecule has 0 saturated carbocycles. The summed E-state index contributed by atoms with van der Waals surface area (Å²) in [6.45, 7) is 18.4. The van der Waals surface area contributed by atoms with Crippen LogP contribution in [0.4, 0.5) is 11.5 Å². The quantitative estimate of drug-likeness (QED) is 0.0773. The van der Waals surface area contributed by atoms with Crippen molar-refractivity contribution in [2.75, 3.05) is 18.9 Å². The molecule has 290 valence electrons. The third-order valence-corrected chi connectivity index (χ3v) is 10.4. The fraction of sp³-hybridized carbons (Fsp3) is 0.528. The molecule has 1 fully saturated rings. The van der Waals surface area contributed by atoms with Crippen molar-refractivity contribution < 1.29 is 46.9 Å². The van der Waals surface area contributed by atoms with Gasteiger partial charge in [0.15, 0.2) is 23.7 Å². The molecule has 4 rings (SSSR count). The van der Waals surface area contributed by atoms with Crippen LogP contribution in [-0.4, -0.2) is 70.1 Å². The first-order valence-corrected chi connectivity index (χ1v) is 19.1. The molecule has 3 N–H and O–H groups in total. The van der Waals surface area contributed by atoms with Crippen LogP contribution in [0.25, 0.3) is 10.4 Å². The number of nitrogens with one attached hydrogen (secondary N) is 1. The standard InChI is InChI=1S/C36H46N7O10P/c1-9-24(10-2)17-48-35(46)23(7)42-54(47,53-26-13-11-25(39-8)12-14-26)49-18-28-30(50-33(44)21(3)4)31(51-34(45)22(5)6)36(19-37,52-28)29-16-15-27-32(38)40-20-41-43(27)29/h11-16,20-24,28,30-31H,9-10,17-18H2,1-7H3,(H,42,47)(H2,38,40,41)/t23-,28+,30+,31+,36-,54?/m0/s1. The molecular formula is C36H46N7O10P. The Balaban J connectivity index is 1.76. The molecule has 0 aliphatic carbocycles. The van der Waals surface area contributed by atoms with Gasteiger partial charge in [0.05, 0.1) is 37.3 Å². The van der Waals surface area contributed by atoms with E-state index in [-0.39, 0.29) is 29.8 Å². The number of carbonyl (C=O) groups is 3. The van der Waals surface area contributed by atoms with E-state index in [1.807, 2.05) is 13.8 Å². The number of rotatable bonds is 17. The Bertz CT molecular complexity index is 1940. The Morgan fingerprint density at radius 3 is 2.30 bits per heavy atom. The lowest BCUT2D eigenvalue weighted by Gasteiger charge is -2.29. The van der Waals surface area contributed by atoms with Gasteiger partial charge in [-0.05, 0) is 37.1 Å². The predicted octanol–water partition coefficient (Wildman–Crippen LogP) is 5.28. The van der Waals surface area contributed by atoms with Crippen molar-refractivity contribution in [1.82, 2.24) is 19.7 Å². The largest absolute Gasteiger partial charge is 0.464 e. The smallest absolute Gasteiger partial charge is 0.459 e. The van der Waals surface area contributed by atoms with E-state index in [9.17, 15) is 24.2 Å². The van der Waals surface area contributed by atoms with Gasteiger partial charge in [0.1, 0.15) is 35.8 Å². The summed E-state index contributed by atoms with van der Waals surface area (Å²) < 4.78 is 51.3. The highest BCUT2D eigenvalue weighted by Gasteiger charge is 2.63. The third-order valence-electron chi connectivity index (χ3n) is 8.79. The number of anilines is 1. The normalized spacial score (nSPS) is 21.3. The first-order chi connectivity index (χ1) is 25.6. The molecule has 1 aliphatic rings. The molecule has 1 aliphatic heterocycles. The van der Waals surface area contributed by atoms with E-state index in [2.05, 4.69) is 26.1 Å². The summed E-state index contributed by atoms with van der Waals surface area (Å²) >= 11 is 0. The van der Waals surface area contributed by atoms with Crippen LogP contribution >= 0.6 is 7.75 Å². The van der Waals surface area contributed by atoms with Gasteiger partial charge in [-0.3, -0.25) is 18.9 Å². The highest BCUT2D eigenvalue weighted by molar-refractivity contribution is 7.52. The Kier molecular flexibility index (Phi) is 13.8. The summed E-state index contributed by atoms with van der Waals surface area (Å²) in [5.74, 6) is -3.25. The van der Waals surface area contributed by atoms with E-state index >= 15 is 0 Å². The molecule has 0 spiro atoms. The molecule has 3 heterocycles. The van der Waals surface area contributed by atoms with Crippen LogP contribution in [-0.2, 0) is 48.0 Å². The zero-order valence-corrected chi connectivity index (χ0v) is 32.1. The molecule has 2 aromatic heterocycles. The van der Waals surface area contributed by atoms with E-state index in [4.69, 9.17) is 40.3 Å². The molecule has 1 saturated heterocycles. The number of ether oxygens (including phenoxy) is 4. The second kappa shape index (κ2) is 17.8. The van der Waals surface area contributed by atoms with Crippen molar-refractivity contribution in [2.24, 2.45) is 17.8 Å². The van der Waals surface area contributed by atoms with Crippen molar-refractivity contribution in [1.29, 1.82) is 5.26 Å². The summed E-state index contributed by atoms with van der Waals surface area (Å²) in [5, 5.41) is 17.7. The summed E-state index contributed by atoms with van der Waals surface area (Å²) in [7, 11) is -4.57. The number of carbonyl (C=O) groups excluding carboxylic acids is 3. The van der Waals surface area contributed by atoms with Crippen molar-refractivity contribution in [3.05, 3.63) is 59.8 Å². The number of nitriles is 1. The van der Waals surface area contributed by atoms with E-state index in [1.165, 1.54) is 48.1 Å². The van der Waals surface area contributed by atoms with E-state index < -0.39 is 74.1 Å². The number of fused-ring (bicyclic) bond motifs is 1. The average molecular weight is 768 g/mol. The minimum atomic E-state index is -4.57. The third kappa shape index (κ3) is 9.35. The maximum absolute atomic E-state index is 14.5. The van der Waals surface area contributed by atoms with Gasteiger partial charge in [0, 0.05) is 0 Å². The first-order valence-electron chi connectivity index (χ1n) is 17.6. The molecule has 0 radical (unpaired) electrons. The maximum atomic E-state index is 14.5. The zero-order valence-electron chi connectivity index (χ0n) is 31.3. The first kappa shape index (κ1) is 41.7. The molecule has 0 amide bonds. The molecule has 0 bridgehead atoms. The minimum absolute atomic E-state index is 0.0259. The summed E-state index contributed by atoms with van der Waals surface area (Å²) in [6.07, 6.45) is -1.78. The number of aromatic nitrogens is 3. The fourth-order valence-corrected chi connectivity index (χ4v) is 6.96. The topological polar surface area (TPSA) is 220 Å². The van der Waals surface area contributed by atoms with Crippen molar-refractivity contribution >= 4 is 42.7 Å². The number of hydrogen-bond donors (Lipinski definition) is 2.